The molecule has 1 rings (SSSR count). The summed E-state index contributed by atoms with van der Waals surface area (Å²) in [6.07, 6.45) is 21.6. The van der Waals surface area contributed by atoms with E-state index in [1.165, 1.54) is 128 Å². The standard InChI is InChI=1S/C45H90NO12P/c1-3-5-7-9-11-13-14-15-16-17-18-19-20-21-22-23-25-27-29-31-33-38(48)37(46-39(49)34-36(47)32-30-28-26-24-12-10-8-6-4-2)35-57-59(55,56)58-45-43(53)41(51)40(50)42(52)44(45)54/h36-38,40-45,47-48,50-54H,3-35H2,1-2H3,(H,46,49)(H,55,56). The summed E-state index contributed by atoms with van der Waals surface area (Å²) in [6.45, 7) is 3.78. The molecule has 1 amide bonds. The Bertz CT molecular complexity index is 1030. The third kappa shape index (κ3) is 27.9. The van der Waals surface area contributed by atoms with Crippen LogP contribution in [0.5, 0.6) is 0 Å². The molecule has 13 nitrogen and oxygen atoms in total. The Morgan fingerprint density at radius 2 is 0.847 bits per heavy atom. The minimum atomic E-state index is -5.11. The van der Waals surface area contributed by atoms with E-state index in [-0.39, 0.29) is 12.8 Å². The number of unbranched alkanes of at least 4 members (excludes halogenated alkanes) is 27. The van der Waals surface area contributed by atoms with E-state index in [4.69, 9.17) is 9.05 Å². The number of hydrogen-bond donors (Lipinski definition) is 9. The highest BCUT2D eigenvalue weighted by molar-refractivity contribution is 7.47. The molecule has 0 spiro atoms. The van der Waals surface area contributed by atoms with Gasteiger partial charge in [-0.05, 0) is 12.8 Å². The Labute approximate surface area is 358 Å². The normalized spacial score (nSPS) is 23.5. The lowest BCUT2D eigenvalue weighted by Gasteiger charge is -2.41. The summed E-state index contributed by atoms with van der Waals surface area (Å²) in [7, 11) is -5.11. The molecule has 1 aliphatic rings. The minimum absolute atomic E-state index is 0.217. The van der Waals surface area contributed by atoms with Crippen molar-refractivity contribution >= 4 is 13.7 Å². The summed E-state index contributed by atoms with van der Waals surface area (Å²) in [5, 5.41) is 74.5. The van der Waals surface area contributed by atoms with Crippen molar-refractivity contribution in [1.29, 1.82) is 0 Å². The molecule has 0 radical (unpaired) electrons. The molecule has 0 aromatic rings. The first kappa shape index (κ1) is 56.3. The van der Waals surface area contributed by atoms with Gasteiger partial charge in [-0.1, -0.05) is 200 Å². The van der Waals surface area contributed by atoms with Gasteiger partial charge >= 0.3 is 7.82 Å². The number of carbonyl (C=O) groups excluding carboxylic acids is 1. The predicted molar refractivity (Wildman–Crippen MR) is 234 cm³/mol. The molecule has 0 aromatic carbocycles. The molecule has 1 fully saturated rings. The molecule has 1 saturated carbocycles. The fourth-order valence-corrected chi connectivity index (χ4v) is 8.98. The molecule has 1 aliphatic carbocycles. The number of phosphoric ester groups is 1. The van der Waals surface area contributed by atoms with E-state index in [2.05, 4.69) is 19.2 Å². The fraction of sp³-hybridized carbons (Fsp3) is 0.978. The van der Waals surface area contributed by atoms with Crippen LogP contribution < -0.4 is 5.32 Å². The highest BCUT2D eigenvalue weighted by Gasteiger charge is 2.51. The van der Waals surface area contributed by atoms with Crippen LogP contribution in [-0.4, -0.2) is 108 Å². The van der Waals surface area contributed by atoms with Crippen molar-refractivity contribution in [2.24, 2.45) is 0 Å². The second-order valence-electron chi connectivity index (χ2n) is 17.5. The average molecular weight is 868 g/mol. The molecule has 14 heteroatoms. The largest absolute Gasteiger partial charge is 0.472 e. The molecule has 0 aromatic heterocycles. The number of hydrogen-bond acceptors (Lipinski definition) is 11. The molecule has 59 heavy (non-hydrogen) atoms. The van der Waals surface area contributed by atoms with Crippen LogP contribution in [0.3, 0.4) is 0 Å². The summed E-state index contributed by atoms with van der Waals surface area (Å²) in [4.78, 5) is 23.4. The van der Waals surface area contributed by atoms with Crippen molar-refractivity contribution in [2.45, 2.75) is 274 Å². The van der Waals surface area contributed by atoms with Gasteiger partial charge in [0.1, 0.15) is 36.6 Å². The molecule has 0 heterocycles. The predicted octanol–water partition coefficient (Wildman–Crippen LogP) is 8.04. The summed E-state index contributed by atoms with van der Waals surface area (Å²) >= 11 is 0. The Morgan fingerprint density at radius 1 is 0.525 bits per heavy atom. The monoisotopic (exact) mass is 868 g/mol. The van der Waals surface area contributed by atoms with E-state index in [9.17, 15) is 50.0 Å². The minimum Gasteiger partial charge on any atom is -0.393 e. The third-order valence-electron chi connectivity index (χ3n) is 12.0. The molecule has 8 unspecified atom stereocenters. The van der Waals surface area contributed by atoms with Crippen LogP contribution in [0.1, 0.15) is 219 Å². The van der Waals surface area contributed by atoms with E-state index in [1.807, 2.05) is 0 Å². The summed E-state index contributed by atoms with van der Waals surface area (Å²) in [6, 6.07) is -1.15. The zero-order valence-corrected chi connectivity index (χ0v) is 38.1. The second-order valence-corrected chi connectivity index (χ2v) is 18.9. The van der Waals surface area contributed by atoms with Crippen molar-refractivity contribution in [1.82, 2.24) is 5.32 Å². The van der Waals surface area contributed by atoms with E-state index >= 15 is 0 Å². The van der Waals surface area contributed by atoms with Gasteiger partial charge < -0.3 is 46.0 Å². The number of rotatable bonds is 40. The van der Waals surface area contributed by atoms with Gasteiger partial charge in [-0.3, -0.25) is 13.8 Å². The number of amides is 1. The summed E-state index contributed by atoms with van der Waals surface area (Å²) < 4.78 is 22.9. The smallest absolute Gasteiger partial charge is 0.393 e. The van der Waals surface area contributed by atoms with Crippen molar-refractivity contribution in [3.8, 4) is 0 Å². The number of carbonyl (C=O) groups is 1. The van der Waals surface area contributed by atoms with E-state index in [1.54, 1.807) is 0 Å². The van der Waals surface area contributed by atoms with Gasteiger partial charge in [0, 0.05) is 0 Å². The van der Waals surface area contributed by atoms with Gasteiger partial charge in [0.2, 0.25) is 5.91 Å². The van der Waals surface area contributed by atoms with Crippen LogP contribution in [0.25, 0.3) is 0 Å². The highest BCUT2D eigenvalue weighted by atomic mass is 31.2. The molecule has 352 valence electrons. The molecular formula is C45H90NO12P. The first-order valence-corrected chi connectivity index (χ1v) is 25.6. The van der Waals surface area contributed by atoms with E-state index in [0.717, 1.165) is 51.4 Å². The maximum atomic E-state index is 13.0. The van der Waals surface area contributed by atoms with Crippen molar-refractivity contribution in [2.75, 3.05) is 6.61 Å². The Hall–Kier alpha value is -0.700. The maximum absolute atomic E-state index is 13.0. The van der Waals surface area contributed by atoms with Crippen LogP contribution >= 0.6 is 7.82 Å². The highest BCUT2D eigenvalue weighted by Crippen LogP contribution is 2.47. The first-order chi connectivity index (χ1) is 28.3. The fourth-order valence-electron chi connectivity index (χ4n) is 8.01. The summed E-state index contributed by atoms with van der Waals surface area (Å²) in [5.74, 6) is -0.559. The van der Waals surface area contributed by atoms with Crippen molar-refractivity contribution < 1.29 is 59.0 Å². The third-order valence-corrected chi connectivity index (χ3v) is 13.0. The molecular weight excluding hydrogens is 777 g/mol. The van der Waals surface area contributed by atoms with Crippen LogP contribution in [-0.2, 0) is 18.4 Å². The van der Waals surface area contributed by atoms with Crippen molar-refractivity contribution in [3.05, 3.63) is 0 Å². The Morgan fingerprint density at radius 3 is 1.22 bits per heavy atom. The maximum Gasteiger partial charge on any atom is 0.472 e. The quantitative estimate of drug-likeness (QED) is 0.0211. The van der Waals surface area contributed by atoms with Gasteiger partial charge in [0.05, 0.1) is 31.3 Å². The van der Waals surface area contributed by atoms with E-state index in [0.29, 0.717) is 12.8 Å². The van der Waals surface area contributed by atoms with Gasteiger partial charge in [0.25, 0.3) is 0 Å². The number of aliphatic hydroxyl groups is 7. The van der Waals surface area contributed by atoms with Crippen LogP contribution in [0.15, 0.2) is 0 Å². The lowest BCUT2D eigenvalue weighted by molar-refractivity contribution is -0.220. The lowest BCUT2D eigenvalue weighted by Crippen LogP contribution is -2.64. The van der Waals surface area contributed by atoms with Crippen LogP contribution in [0.4, 0.5) is 0 Å². The lowest BCUT2D eigenvalue weighted by atomic mass is 9.85. The Kier molecular flexibility index (Phi) is 34.1. The second kappa shape index (κ2) is 35.7. The number of nitrogens with one attached hydrogen (secondary N) is 1. The van der Waals surface area contributed by atoms with Crippen molar-refractivity contribution in [3.63, 3.8) is 0 Å². The Balaban J connectivity index is 2.46. The molecule has 8 atom stereocenters. The summed E-state index contributed by atoms with van der Waals surface area (Å²) in [5.41, 5.74) is 0. The van der Waals surface area contributed by atoms with Gasteiger partial charge in [-0.25, -0.2) is 4.57 Å². The van der Waals surface area contributed by atoms with Gasteiger partial charge in [-0.2, -0.15) is 0 Å². The topological polar surface area (TPSA) is 226 Å². The molecule has 0 saturated heterocycles. The SMILES string of the molecule is CCCCCCCCCCCCCCCCCCCCCCC(O)C(COP(=O)(O)OC1C(O)C(O)C(O)C(O)C1O)NC(=O)CC(O)CCCCCCCCCCC. The van der Waals surface area contributed by atoms with Crippen LogP contribution in [0.2, 0.25) is 0 Å². The zero-order valence-electron chi connectivity index (χ0n) is 37.2. The van der Waals surface area contributed by atoms with Gasteiger partial charge in [-0.15, -0.1) is 0 Å². The number of aliphatic hydroxyl groups excluding tert-OH is 7. The molecule has 0 bridgehead atoms. The number of phosphoric acid groups is 1. The van der Waals surface area contributed by atoms with E-state index < -0.39 is 75.2 Å². The molecule has 9 N–H and O–H groups in total. The first-order valence-electron chi connectivity index (χ1n) is 24.1. The van der Waals surface area contributed by atoms with Gasteiger partial charge in [0.15, 0.2) is 0 Å². The molecule has 0 aliphatic heterocycles. The zero-order chi connectivity index (χ0) is 43.7. The van der Waals surface area contributed by atoms with Crippen LogP contribution in [0, 0.1) is 0 Å². The average Bonchev–Trinajstić information content (AvgIpc) is 3.21.